The van der Waals surface area contributed by atoms with Crippen LogP contribution in [0.4, 0.5) is 4.39 Å². The molecule has 1 aliphatic heterocycles. The molecule has 0 bridgehead atoms. The number of carbonyl (C=O) groups is 1. The first-order valence-corrected chi connectivity index (χ1v) is 12.2. The third kappa shape index (κ3) is 5.97. The van der Waals surface area contributed by atoms with Crippen LogP contribution in [-0.2, 0) is 21.5 Å². The molecule has 0 amide bonds. The van der Waals surface area contributed by atoms with Crippen molar-refractivity contribution >= 4 is 21.9 Å². The number of nitrogens with zero attached hydrogens (tertiary/aromatic N) is 2. The van der Waals surface area contributed by atoms with Crippen molar-refractivity contribution in [3.05, 3.63) is 69.9 Å². The number of carbonyl (C=O) groups excluding carboxylic acids is 1. The van der Waals surface area contributed by atoms with Gasteiger partial charge >= 0.3 is 5.97 Å². The molecule has 1 fully saturated rings. The highest BCUT2D eigenvalue weighted by Gasteiger charge is 2.44. The molecule has 174 valence electrons. The zero-order valence-electron chi connectivity index (χ0n) is 19.3. The van der Waals surface area contributed by atoms with E-state index in [1.807, 2.05) is 36.4 Å². The van der Waals surface area contributed by atoms with Crippen molar-refractivity contribution in [1.29, 1.82) is 0 Å². The Kier molecular flexibility index (Phi) is 8.86. The summed E-state index contributed by atoms with van der Waals surface area (Å²) in [4.78, 5) is 17.9. The first-order valence-electron chi connectivity index (χ1n) is 11.4. The summed E-state index contributed by atoms with van der Waals surface area (Å²) < 4.78 is 19.4. The number of methoxy groups -OCH3 is 1. The zero-order chi connectivity index (χ0) is 23.1. The molecule has 0 aromatic heterocycles. The Hall–Kier alpha value is -1.76. The highest BCUT2D eigenvalue weighted by molar-refractivity contribution is 9.10. The van der Waals surface area contributed by atoms with Gasteiger partial charge in [0.05, 0.1) is 12.5 Å². The van der Waals surface area contributed by atoms with Gasteiger partial charge in [0, 0.05) is 37.2 Å². The Morgan fingerprint density at radius 3 is 2.19 bits per heavy atom. The molecule has 6 heteroatoms. The highest BCUT2D eigenvalue weighted by Crippen LogP contribution is 2.39. The smallest absolute Gasteiger partial charge is 0.316 e. The second-order valence-electron chi connectivity index (χ2n) is 8.97. The van der Waals surface area contributed by atoms with Crippen molar-refractivity contribution in [3.63, 3.8) is 0 Å². The molecule has 0 radical (unpaired) electrons. The number of ether oxygens (including phenoxy) is 1. The fraction of sp³-hybridized carbons (Fsp3) is 0.500. The normalized spacial score (nSPS) is 17.3. The zero-order valence-corrected chi connectivity index (χ0v) is 20.9. The van der Waals surface area contributed by atoms with E-state index >= 15 is 0 Å². The van der Waals surface area contributed by atoms with Gasteiger partial charge in [0.1, 0.15) is 5.82 Å². The SMILES string of the molecule is COC(=O)C(CCCN1CCN(Cc2ccc(F)cc2)CC1)(c1ccc(Br)cc1)C(C)C. The van der Waals surface area contributed by atoms with E-state index in [9.17, 15) is 9.18 Å². The summed E-state index contributed by atoms with van der Waals surface area (Å²) in [5.41, 5.74) is 1.53. The lowest BCUT2D eigenvalue weighted by atomic mass is 9.68. The summed E-state index contributed by atoms with van der Waals surface area (Å²) in [5.74, 6) is -0.214. The van der Waals surface area contributed by atoms with Crippen molar-refractivity contribution in [2.24, 2.45) is 5.92 Å². The lowest BCUT2D eigenvalue weighted by molar-refractivity contribution is -0.150. The number of halogens is 2. The van der Waals surface area contributed by atoms with Crippen LogP contribution >= 0.6 is 15.9 Å². The van der Waals surface area contributed by atoms with Crippen LogP contribution in [0.5, 0.6) is 0 Å². The Morgan fingerprint density at radius 1 is 1.03 bits per heavy atom. The van der Waals surface area contributed by atoms with Crippen LogP contribution in [0.1, 0.15) is 37.8 Å². The van der Waals surface area contributed by atoms with Crippen LogP contribution in [-0.4, -0.2) is 55.6 Å². The third-order valence-corrected chi connectivity index (χ3v) is 7.25. The van der Waals surface area contributed by atoms with Gasteiger partial charge < -0.3 is 9.64 Å². The first kappa shape index (κ1) is 24.9. The minimum absolute atomic E-state index is 0.128. The molecule has 1 atom stereocenters. The van der Waals surface area contributed by atoms with Gasteiger partial charge in [0.15, 0.2) is 0 Å². The number of esters is 1. The molecule has 1 unspecified atom stereocenters. The first-order chi connectivity index (χ1) is 15.3. The minimum atomic E-state index is -0.639. The number of rotatable bonds is 9. The van der Waals surface area contributed by atoms with Crippen molar-refractivity contribution in [3.8, 4) is 0 Å². The number of hydrogen-bond donors (Lipinski definition) is 0. The molecule has 2 aromatic rings. The Morgan fingerprint density at radius 2 is 1.62 bits per heavy atom. The maximum atomic E-state index is 13.1. The van der Waals surface area contributed by atoms with Crippen molar-refractivity contribution in [1.82, 2.24) is 9.80 Å². The van der Waals surface area contributed by atoms with Crippen molar-refractivity contribution in [2.75, 3.05) is 39.8 Å². The third-order valence-electron chi connectivity index (χ3n) is 6.72. The second kappa shape index (κ2) is 11.4. The van der Waals surface area contributed by atoms with Crippen LogP contribution in [0.3, 0.4) is 0 Å². The summed E-state index contributed by atoms with van der Waals surface area (Å²) in [7, 11) is 1.48. The maximum Gasteiger partial charge on any atom is 0.316 e. The minimum Gasteiger partial charge on any atom is -0.468 e. The molecule has 1 saturated heterocycles. The Labute approximate surface area is 199 Å². The molecule has 4 nitrogen and oxygen atoms in total. The molecule has 1 aliphatic rings. The number of piperazine rings is 1. The maximum absolute atomic E-state index is 13.1. The Balaban J connectivity index is 1.56. The predicted molar refractivity (Wildman–Crippen MR) is 130 cm³/mol. The van der Waals surface area contributed by atoms with Gasteiger partial charge in [-0.3, -0.25) is 9.69 Å². The van der Waals surface area contributed by atoms with Gasteiger partial charge in [0.25, 0.3) is 0 Å². The van der Waals surface area contributed by atoms with E-state index in [2.05, 4.69) is 39.6 Å². The van der Waals surface area contributed by atoms with Crippen molar-refractivity contribution < 1.29 is 13.9 Å². The van der Waals surface area contributed by atoms with Gasteiger partial charge in [-0.05, 0) is 60.7 Å². The molecule has 3 rings (SSSR count). The molecule has 0 N–H and O–H groups in total. The van der Waals surface area contributed by atoms with Gasteiger partial charge in [-0.15, -0.1) is 0 Å². The van der Waals surface area contributed by atoms with Crippen LogP contribution in [0.2, 0.25) is 0 Å². The van der Waals surface area contributed by atoms with E-state index < -0.39 is 5.41 Å². The standard InChI is InChI=1S/C26H34BrFN2O2/c1-20(2)26(25(31)32-3,22-7-9-23(27)10-8-22)13-4-14-29-15-17-30(18-16-29)19-21-5-11-24(28)12-6-21/h5-12,20H,4,13-19H2,1-3H3. The largest absolute Gasteiger partial charge is 0.468 e. The lowest BCUT2D eigenvalue weighted by Crippen LogP contribution is -2.47. The monoisotopic (exact) mass is 504 g/mol. The van der Waals surface area contributed by atoms with Crippen molar-refractivity contribution in [2.45, 2.75) is 38.6 Å². The van der Waals surface area contributed by atoms with Gasteiger partial charge in [0.2, 0.25) is 0 Å². The second-order valence-corrected chi connectivity index (χ2v) is 9.89. The average Bonchev–Trinajstić information content (AvgIpc) is 2.79. The van der Waals surface area contributed by atoms with Gasteiger partial charge in [-0.2, -0.15) is 0 Å². The molecule has 0 aliphatic carbocycles. The molecule has 0 saturated carbocycles. The van der Waals surface area contributed by atoms with E-state index in [1.54, 1.807) is 0 Å². The van der Waals surface area contributed by atoms with E-state index in [-0.39, 0.29) is 17.7 Å². The molecule has 2 aromatic carbocycles. The lowest BCUT2D eigenvalue weighted by Gasteiger charge is -2.38. The number of hydrogen-bond acceptors (Lipinski definition) is 4. The van der Waals surface area contributed by atoms with E-state index in [0.29, 0.717) is 0 Å². The van der Waals surface area contributed by atoms with E-state index in [4.69, 9.17) is 4.74 Å². The van der Waals surface area contributed by atoms with E-state index in [1.165, 1.54) is 19.2 Å². The quantitative estimate of drug-likeness (QED) is 0.436. The van der Waals surface area contributed by atoms with Crippen LogP contribution in [0, 0.1) is 11.7 Å². The number of benzene rings is 2. The topological polar surface area (TPSA) is 32.8 Å². The summed E-state index contributed by atoms with van der Waals surface area (Å²) in [6, 6.07) is 14.8. The van der Waals surface area contributed by atoms with Gasteiger partial charge in [-0.1, -0.05) is 54.0 Å². The fourth-order valence-corrected chi connectivity index (χ4v) is 5.02. The van der Waals surface area contributed by atoms with Crippen LogP contribution in [0.15, 0.2) is 53.0 Å². The predicted octanol–water partition coefficient (Wildman–Crippen LogP) is 5.25. The molecular formula is C26H34BrFN2O2. The Bertz CT molecular complexity index is 864. The van der Waals surface area contributed by atoms with Crippen LogP contribution in [0.25, 0.3) is 0 Å². The van der Waals surface area contributed by atoms with Gasteiger partial charge in [-0.25, -0.2) is 4.39 Å². The fourth-order valence-electron chi connectivity index (χ4n) is 4.75. The summed E-state index contributed by atoms with van der Waals surface area (Å²) in [5, 5.41) is 0. The molecular weight excluding hydrogens is 471 g/mol. The summed E-state index contributed by atoms with van der Waals surface area (Å²) in [6.45, 7) is 10.0. The van der Waals surface area contributed by atoms with E-state index in [0.717, 1.165) is 67.7 Å². The molecule has 0 spiro atoms. The molecule has 1 heterocycles. The average molecular weight is 505 g/mol. The summed E-state index contributed by atoms with van der Waals surface area (Å²) >= 11 is 3.49. The van der Waals surface area contributed by atoms with Crippen LogP contribution < -0.4 is 0 Å². The summed E-state index contributed by atoms with van der Waals surface area (Å²) in [6.07, 6.45) is 1.69. The molecule has 32 heavy (non-hydrogen) atoms. The highest BCUT2D eigenvalue weighted by atomic mass is 79.9.